The fraction of sp³-hybridized carbons (Fsp3) is 0.647. The maximum atomic E-state index is 13.7. The van der Waals surface area contributed by atoms with Crippen molar-refractivity contribution in [3.8, 4) is 0 Å². The summed E-state index contributed by atoms with van der Waals surface area (Å²) in [6.45, 7) is 6.33. The first-order valence-electron chi connectivity index (χ1n) is 7.67. The Morgan fingerprint density at radius 3 is 2.50 bits per heavy atom. The van der Waals surface area contributed by atoms with Crippen LogP contribution in [0.3, 0.4) is 0 Å². The molecule has 0 saturated carbocycles. The third-order valence-electron chi connectivity index (χ3n) is 5.19. The van der Waals surface area contributed by atoms with Crippen molar-refractivity contribution in [3.05, 3.63) is 35.4 Å². The Balaban J connectivity index is 1.75. The highest BCUT2D eigenvalue weighted by Gasteiger charge is 2.65. The molecule has 2 aliphatic heterocycles. The maximum absolute atomic E-state index is 13.7. The van der Waals surface area contributed by atoms with E-state index in [1.165, 1.54) is 18.2 Å². The van der Waals surface area contributed by atoms with Crippen LogP contribution in [0.1, 0.15) is 39.2 Å². The number of halogens is 3. The van der Waals surface area contributed by atoms with Gasteiger partial charge in [-0.05, 0) is 31.4 Å². The second-order valence-electron chi connectivity index (χ2n) is 6.90. The normalized spacial score (nSPS) is 37.2. The molecule has 5 heteroatoms. The molecule has 22 heavy (non-hydrogen) atoms. The molecule has 0 spiro atoms. The number of benzene rings is 1. The van der Waals surface area contributed by atoms with Gasteiger partial charge in [0, 0.05) is 15.9 Å². The summed E-state index contributed by atoms with van der Waals surface area (Å²) < 4.78 is 40.2. The van der Waals surface area contributed by atoms with Crippen LogP contribution in [0.4, 0.5) is 8.78 Å². The van der Waals surface area contributed by atoms with Crippen LogP contribution in [0.25, 0.3) is 0 Å². The van der Waals surface area contributed by atoms with E-state index in [9.17, 15) is 8.78 Å². The molecule has 2 nitrogen and oxygen atoms in total. The minimum absolute atomic E-state index is 0.00139. The molecular formula is C17H21F2IO2. The molecule has 2 aliphatic rings. The van der Waals surface area contributed by atoms with E-state index < -0.39 is 11.6 Å². The van der Waals surface area contributed by atoms with Gasteiger partial charge in [0.05, 0.1) is 23.9 Å². The number of rotatable bonds is 4. The lowest BCUT2D eigenvalue weighted by molar-refractivity contribution is -0.0959. The molecule has 0 N–H and O–H groups in total. The van der Waals surface area contributed by atoms with Gasteiger partial charge in [0.1, 0.15) is 11.6 Å². The largest absolute Gasteiger partial charge is 0.370 e. The minimum Gasteiger partial charge on any atom is -0.370 e. The van der Waals surface area contributed by atoms with Gasteiger partial charge >= 0.3 is 0 Å². The lowest BCUT2D eigenvalue weighted by Gasteiger charge is -2.35. The minimum atomic E-state index is -0.556. The lowest BCUT2D eigenvalue weighted by Crippen LogP contribution is -2.44. The van der Waals surface area contributed by atoms with Crippen molar-refractivity contribution in [2.24, 2.45) is 5.92 Å². The van der Waals surface area contributed by atoms with E-state index in [-0.39, 0.29) is 29.5 Å². The summed E-state index contributed by atoms with van der Waals surface area (Å²) in [4.78, 5) is 0. The van der Waals surface area contributed by atoms with Gasteiger partial charge in [-0.3, -0.25) is 0 Å². The van der Waals surface area contributed by atoms with Gasteiger partial charge in [0.15, 0.2) is 0 Å². The van der Waals surface area contributed by atoms with Crippen LogP contribution >= 0.6 is 22.6 Å². The molecule has 122 valence electrons. The molecule has 2 fully saturated rings. The molecule has 1 aromatic rings. The molecule has 1 aromatic carbocycles. The third-order valence-corrected chi connectivity index (χ3v) is 6.69. The highest BCUT2D eigenvalue weighted by Crippen LogP contribution is 2.57. The summed E-state index contributed by atoms with van der Waals surface area (Å²) in [6.07, 6.45) is 1.57. The van der Waals surface area contributed by atoms with Crippen molar-refractivity contribution in [1.82, 2.24) is 0 Å². The molecule has 4 unspecified atom stereocenters. The van der Waals surface area contributed by atoms with Crippen LogP contribution < -0.4 is 0 Å². The van der Waals surface area contributed by atoms with E-state index in [1.54, 1.807) is 0 Å². The fourth-order valence-electron chi connectivity index (χ4n) is 3.75. The maximum Gasteiger partial charge on any atom is 0.131 e. The van der Waals surface area contributed by atoms with E-state index in [2.05, 4.69) is 43.4 Å². The summed E-state index contributed by atoms with van der Waals surface area (Å²) >= 11 is 2.46. The SMILES string of the molecule is CC(C)C12CC(OCc3c(F)cccc3F)C(C)(CC1I)O2. The zero-order valence-electron chi connectivity index (χ0n) is 13.0. The molecule has 3 rings (SSSR count). The highest BCUT2D eigenvalue weighted by molar-refractivity contribution is 14.1. The molecule has 4 atom stereocenters. The number of ether oxygens (including phenoxy) is 2. The average molecular weight is 422 g/mol. The van der Waals surface area contributed by atoms with Crippen molar-refractivity contribution in [2.45, 2.75) is 61.5 Å². The van der Waals surface area contributed by atoms with E-state index >= 15 is 0 Å². The van der Waals surface area contributed by atoms with Crippen LogP contribution in [-0.2, 0) is 16.1 Å². The van der Waals surface area contributed by atoms with Crippen LogP contribution in [-0.4, -0.2) is 21.2 Å². The van der Waals surface area contributed by atoms with Crippen LogP contribution in [0.5, 0.6) is 0 Å². The molecule has 0 aromatic heterocycles. The van der Waals surface area contributed by atoms with Gasteiger partial charge in [0.2, 0.25) is 0 Å². The molecule has 2 bridgehead atoms. The second kappa shape index (κ2) is 5.67. The summed E-state index contributed by atoms with van der Waals surface area (Å²) in [6, 6.07) is 3.89. The Kier molecular flexibility index (Phi) is 4.27. The number of hydrogen-bond acceptors (Lipinski definition) is 2. The van der Waals surface area contributed by atoms with Crippen molar-refractivity contribution in [2.75, 3.05) is 0 Å². The van der Waals surface area contributed by atoms with Gasteiger partial charge in [-0.15, -0.1) is 0 Å². The molecular weight excluding hydrogens is 401 g/mol. The smallest absolute Gasteiger partial charge is 0.131 e. The van der Waals surface area contributed by atoms with Gasteiger partial charge in [0.25, 0.3) is 0 Å². The highest BCUT2D eigenvalue weighted by atomic mass is 127. The van der Waals surface area contributed by atoms with E-state index in [0.29, 0.717) is 9.84 Å². The third kappa shape index (κ3) is 2.49. The lowest BCUT2D eigenvalue weighted by atomic mass is 9.75. The quantitative estimate of drug-likeness (QED) is 0.521. The van der Waals surface area contributed by atoms with E-state index in [0.717, 1.165) is 12.8 Å². The van der Waals surface area contributed by atoms with Crippen molar-refractivity contribution in [3.63, 3.8) is 0 Å². The van der Waals surface area contributed by atoms with Crippen molar-refractivity contribution >= 4 is 22.6 Å². The summed E-state index contributed by atoms with van der Waals surface area (Å²) in [5.41, 5.74) is -0.551. The van der Waals surface area contributed by atoms with Crippen LogP contribution in [0.15, 0.2) is 18.2 Å². The monoisotopic (exact) mass is 422 g/mol. The summed E-state index contributed by atoms with van der Waals surface area (Å²) in [7, 11) is 0. The number of alkyl halides is 1. The Morgan fingerprint density at radius 1 is 1.32 bits per heavy atom. The second-order valence-corrected chi connectivity index (χ2v) is 8.40. The molecule has 2 saturated heterocycles. The average Bonchev–Trinajstić information content (AvgIpc) is 2.86. The zero-order chi connectivity index (χ0) is 16.1. The first kappa shape index (κ1) is 16.6. The predicted octanol–water partition coefficient (Wildman–Crippen LogP) is 4.63. The van der Waals surface area contributed by atoms with E-state index in [4.69, 9.17) is 9.47 Å². The topological polar surface area (TPSA) is 18.5 Å². The summed E-state index contributed by atoms with van der Waals surface area (Å²) in [5, 5.41) is 0. The van der Waals surface area contributed by atoms with E-state index in [1.807, 2.05) is 0 Å². The Hall–Kier alpha value is -0.270. The first-order chi connectivity index (χ1) is 10.3. The van der Waals surface area contributed by atoms with Crippen molar-refractivity contribution in [1.29, 1.82) is 0 Å². The van der Waals surface area contributed by atoms with Gasteiger partial charge in [-0.2, -0.15) is 0 Å². The molecule has 0 radical (unpaired) electrons. The van der Waals surface area contributed by atoms with Gasteiger partial charge in [-0.1, -0.05) is 42.5 Å². The molecule has 2 heterocycles. The van der Waals surface area contributed by atoms with Crippen LogP contribution in [0, 0.1) is 17.6 Å². The summed E-state index contributed by atoms with van der Waals surface area (Å²) in [5.74, 6) is -0.728. The number of hydrogen-bond donors (Lipinski definition) is 0. The predicted molar refractivity (Wildman–Crippen MR) is 89.0 cm³/mol. The fourth-order valence-corrected chi connectivity index (χ4v) is 5.72. The van der Waals surface area contributed by atoms with Crippen molar-refractivity contribution < 1.29 is 18.3 Å². The van der Waals surface area contributed by atoms with Gasteiger partial charge in [-0.25, -0.2) is 8.78 Å². The Labute approximate surface area is 143 Å². The molecule has 0 aliphatic carbocycles. The van der Waals surface area contributed by atoms with Crippen LogP contribution in [0.2, 0.25) is 0 Å². The van der Waals surface area contributed by atoms with Gasteiger partial charge < -0.3 is 9.47 Å². The Bertz CT molecular complexity index is 560. The zero-order valence-corrected chi connectivity index (χ0v) is 15.2. The Morgan fingerprint density at radius 2 is 1.95 bits per heavy atom. The molecule has 0 amide bonds. The number of fused-ring (bicyclic) bond motifs is 2. The first-order valence-corrected chi connectivity index (χ1v) is 8.92. The standard InChI is InChI=1S/C17H21F2IO2/c1-10(2)17-8-15(16(3,22-17)7-14(17)20)21-9-11-12(18)5-4-6-13(11)19/h4-6,10,14-15H,7-9H2,1-3H3.